The number of rotatable bonds is 4. The number of nitrogens with zero attached hydrogens (tertiary/aromatic N) is 1. The lowest BCUT2D eigenvalue weighted by molar-refractivity contribution is -0.164. The average molecular weight is 261 g/mol. The van der Waals surface area contributed by atoms with Gasteiger partial charge in [0.05, 0.1) is 19.3 Å². The van der Waals surface area contributed by atoms with Gasteiger partial charge in [0.25, 0.3) is 0 Å². The van der Waals surface area contributed by atoms with Crippen molar-refractivity contribution in [2.45, 2.75) is 26.0 Å². The first-order valence-electron chi connectivity index (χ1n) is 5.78. The molecule has 7 nitrogen and oxygen atoms in total. The molecule has 1 unspecified atom stereocenters. The lowest BCUT2D eigenvalue weighted by Crippen LogP contribution is -2.48. The molecule has 1 rings (SSSR count). The monoisotopic (exact) mass is 261 g/mol. The van der Waals surface area contributed by atoms with E-state index in [4.69, 9.17) is 14.2 Å². The number of hydrogen-bond donors (Lipinski definition) is 0. The second kappa shape index (κ2) is 7.17. The van der Waals surface area contributed by atoms with E-state index in [9.17, 15) is 9.59 Å². The molecule has 0 bridgehead atoms. The van der Waals surface area contributed by atoms with E-state index >= 15 is 0 Å². The van der Waals surface area contributed by atoms with Crippen LogP contribution in [0.2, 0.25) is 0 Å². The molecular formula is C11H19NO6. The Hall–Kier alpha value is -1.34. The summed E-state index contributed by atoms with van der Waals surface area (Å²) in [5, 5.41) is 0. The van der Waals surface area contributed by atoms with E-state index in [1.165, 1.54) is 0 Å². The van der Waals surface area contributed by atoms with Gasteiger partial charge in [-0.3, -0.25) is 9.69 Å². The zero-order valence-electron chi connectivity index (χ0n) is 10.9. The van der Waals surface area contributed by atoms with Gasteiger partial charge in [-0.05, 0) is 20.9 Å². The fourth-order valence-electron chi connectivity index (χ4n) is 1.39. The highest BCUT2D eigenvalue weighted by atomic mass is 16.8. The minimum absolute atomic E-state index is 0.272. The Morgan fingerprint density at radius 2 is 2.11 bits per heavy atom. The van der Waals surface area contributed by atoms with Crippen molar-refractivity contribution in [1.82, 2.24) is 4.90 Å². The fourth-order valence-corrected chi connectivity index (χ4v) is 1.39. The molecule has 0 saturated carbocycles. The van der Waals surface area contributed by atoms with Crippen LogP contribution in [0.1, 0.15) is 13.8 Å². The Labute approximate surface area is 106 Å². The van der Waals surface area contributed by atoms with Gasteiger partial charge in [0.15, 0.2) is 0 Å². The van der Waals surface area contributed by atoms with Crippen LogP contribution in [-0.4, -0.2) is 62.8 Å². The zero-order chi connectivity index (χ0) is 13.5. The molecule has 1 fully saturated rings. The number of likely N-dealkylation sites (N-methyl/N-ethyl adjacent to an activating group) is 1. The quantitative estimate of drug-likeness (QED) is 0.535. The van der Waals surface area contributed by atoms with Gasteiger partial charge in [-0.15, -0.1) is 0 Å². The highest BCUT2D eigenvalue weighted by Gasteiger charge is 2.28. The summed E-state index contributed by atoms with van der Waals surface area (Å²) < 4.78 is 19.3. The summed E-state index contributed by atoms with van der Waals surface area (Å²) in [4.78, 5) is 24.5. The van der Waals surface area contributed by atoms with Gasteiger partial charge in [0.2, 0.25) is 6.79 Å². The third-order valence-electron chi connectivity index (χ3n) is 2.38. The van der Waals surface area contributed by atoms with Crippen molar-refractivity contribution >= 4 is 12.1 Å². The molecule has 1 atom stereocenters. The van der Waals surface area contributed by atoms with E-state index in [1.54, 1.807) is 13.8 Å². The zero-order valence-corrected chi connectivity index (χ0v) is 10.9. The molecule has 1 aliphatic heterocycles. The van der Waals surface area contributed by atoms with E-state index in [0.717, 1.165) is 0 Å². The van der Waals surface area contributed by atoms with Crippen molar-refractivity contribution < 1.29 is 28.5 Å². The van der Waals surface area contributed by atoms with E-state index in [2.05, 4.69) is 4.74 Å². The number of carbonyl (C=O) groups is 2. The van der Waals surface area contributed by atoms with Crippen LogP contribution in [0.4, 0.5) is 4.79 Å². The number of hydrogen-bond acceptors (Lipinski definition) is 7. The van der Waals surface area contributed by atoms with Crippen LogP contribution in [0.15, 0.2) is 0 Å². The number of esters is 1. The Balaban J connectivity index is 2.22. The molecule has 0 aromatic rings. The van der Waals surface area contributed by atoms with Crippen LogP contribution < -0.4 is 0 Å². The maximum atomic E-state index is 11.6. The molecule has 0 aliphatic carbocycles. The van der Waals surface area contributed by atoms with E-state index in [1.807, 2.05) is 11.9 Å². The second-order valence-corrected chi connectivity index (χ2v) is 4.21. The largest absolute Gasteiger partial charge is 0.511 e. The Morgan fingerprint density at radius 1 is 1.39 bits per heavy atom. The van der Waals surface area contributed by atoms with E-state index < -0.39 is 25.0 Å². The van der Waals surface area contributed by atoms with Gasteiger partial charge in [0.1, 0.15) is 6.04 Å². The van der Waals surface area contributed by atoms with Crippen LogP contribution in [-0.2, 0) is 23.7 Å². The molecule has 104 valence electrons. The number of ether oxygens (including phenoxy) is 4. The van der Waals surface area contributed by atoms with Crippen molar-refractivity contribution in [2.75, 3.05) is 33.6 Å². The van der Waals surface area contributed by atoms with Gasteiger partial charge < -0.3 is 18.9 Å². The molecule has 0 aromatic heterocycles. The topological polar surface area (TPSA) is 74.3 Å². The predicted molar refractivity (Wildman–Crippen MR) is 60.9 cm³/mol. The Bertz CT molecular complexity index is 293. The standard InChI is InChI=1S/C11H19NO6/c1-8(2)18-11(14)17-7-16-10(13)9-6-15-5-4-12(9)3/h8-9H,4-7H2,1-3H3. The Kier molecular flexibility index (Phi) is 5.87. The summed E-state index contributed by atoms with van der Waals surface area (Å²) >= 11 is 0. The summed E-state index contributed by atoms with van der Waals surface area (Å²) in [6, 6.07) is -0.455. The van der Waals surface area contributed by atoms with Crippen LogP contribution in [0.5, 0.6) is 0 Å². The van der Waals surface area contributed by atoms with Crippen molar-refractivity contribution in [3.63, 3.8) is 0 Å². The van der Waals surface area contributed by atoms with Gasteiger partial charge in [0, 0.05) is 6.54 Å². The van der Waals surface area contributed by atoms with Crippen molar-refractivity contribution in [2.24, 2.45) is 0 Å². The molecular weight excluding hydrogens is 242 g/mol. The fraction of sp³-hybridized carbons (Fsp3) is 0.818. The van der Waals surface area contributed by atoms with Crippen molar-refractivity contribution in [3.8, 4) is 0 Å². The highest BCUT2D eigenvalue weighted by molar-refractivity contribution is 5.76. The SMILES string of the molecule is CC(C)OC(=O)OCOC(=O)C1COCCN1C. The average Bonchev–Trinajstić information content (AvgIpc) is 2.28. The van der Waals surface area contributed by atoms with Gasteiger partial charge in [-0.1, -0.05) is 0 Å². The summed E-state index contributed by atoms with van der Waals surface area (Å²) in [7, 11) is 1.81. The molecule has 7 heteroatoms. The highest BCUT2D eigenvalue weighted by Crippen LogP contribution is 2.06. The lowest BCUT2D eigenvalue weighted by Gasteiger charge is -2.30. The maximum Gasteiger partial charge on any atom is 0.511 e. The van der Waals surface area contributed by atoms with Crippen molar-refractivity contribution in [1.29, 1.82) is 0 Å². The maximum absolute atomic E-state index is 11.6. The molecule has 0 N–H and O–H groups in total. The first-order valence-corrected chi connectivity index (χ1v) is 5.78. The molecule has 1 saturated heterocycles. The summed E-state index contributed by atoms with van der Waals surface area (Å²) in [6.07, 6.45) is -1.13. The van der Waals surface area contributed by atoms with E-state index in [-0.39, 0.29) is 12.7 Å². The molecule has 0 spiro atoms. The van der Waals surface area contributed by atoms with Crippen LogP contribution in [0.25, 0.3) is 0 Å². The minimum atomic E-state index is -0.856. The normalized spacial score (nSPS) is 20.6. The van der Waals surface area contributed by atoms with Gasteiger partial charge >= 0.3 is 12.1 Å². The minimum Gasteiger partial charge on any atom is -0.431 e. The smallest absolute Gasteiger partial charge is 0.431 e. The molecule has 18 heavy (non-hydrogen) atoms. The third-order valence-corrected chi connectivity index (χ3v) is 2.38. The predicted octanol–water partition coefficient (Wildman–Crippen LogP) is 0.379. The number of carbonyl (C=O) groups excluding carboxylic acids is 2. The molecule has 0 amide bonds. The second-order valence-electron chi connectivity index (χ2n) is 4.21. The molecule has 0 aromatic carbocycles. The number of morpholine rings is 1. The van der Waals surface area contributed by atoms with Crippen LogP contribution >= 0.6 is 0 Å². The lowest BCUT2D eigenvalue weighted by atomic mass is 10.2. The van der Waals surface area contributed by atoms with Crippen molar-refractivity contribution in [3.05, 3.63) is 0 Å². The third kappa shape index (κ3) is 4.89. The van der Waals surface area contributed by atoms with Crippen LogP contribution in [0, 0.1) is 0 Å². The summed E-state index contributed by atoms with van der Waals surface area (Å²) in [6.45, 7) is 4.48. The summed E-state index contributed by atoms with van der Waals surface area (Å²) in [5.41, 5.74) is 0. The molecule has 1 aliphatic rings. The van der Waals surface area contributed by atoms with Crippen LogP contribution in [0.3, 0.4) is 0 Å². The van der Waals surface area contributed by atoms with Gasteiger partial charge in [-0.25, -0.2) is 4.79 Å². The molecule has 1 heterocycles. The van der Waals surface area contributed by atoms with E-state index in [0.29, 0.717) is 13.2 Å². The summed E-state index contributed by atoms with van der Waals surface area (Å²) in [5.74, 6) is -0.477. The Morgan fingerprint density at radius 3 is 2.72 bits per heavy atom. The van der Waals surface area contributed by atoms with Gasteiger partial charge in [-0.2, -0.15) is 0 Å². The molecule has 0 radical (unpaired) electrons. The first kappa shape index (κ1) is 14.7. The first-order chi connectivity index (χ1) is 8.50.